The van der Waals surface area contributed by atoms with Crippen LogP contribution in [0.2, 0.25) is 0 Å². The van der Waals surface area contributed by atoms with Gasteiger partial charge >= 0.3 is 0 Å². The summed E-state index contributed by atoms with van der Waals surface area (Å²) in [4.78, 5) is 8.78. The normalized spacial score (nSPS) is 12.6. The Hall–Kier alpha value is -1.75. The van der Waals surface area contributed by atoms with E-state index in [2.05, 4.69) is 27.4 Å². The Labute approximate surface area is 113 Å². The minimum Gasteiger partial charge on any atom is -0.339 e. The lowest BCUT2D eigenvalue weighted by atomic mass is 10.2. The lowest BCUT2D eigenvalue weighted by molar-refractivity contribution is 0.369. The van der Waals surface area contributed by atoms with E-state index >= 15 is 0 Å². The molecule has 0 fully saturated rings. The van der Waals surface area contributed by atoms with Crippen molar-refractivity contribution in [3.8, 4) is 11.4 Å². The molecule has 1 atom stereocenters. The zero-order chi connectivity index (χ0) is 13.8. The highest BCUT2D eigenvalue weighted by Crippen LogP contribution is 2.18. The first kappa shape index (κ1) is 13.7. The van der Waals surface area contributed by atoms with Crippen molar-refractivity contribution in [1.29, 1.82) is 0 Å². The summed E-state index contributed by atoms with van der Waals surface area (Å²) in [7, 11) is 1.95. The third-order valence-corrected chi connectivity index (χ3v) is 3.09. The summed E-state index contributed by atoms with van der Waals surface area (Å²) < 4.78 is 5.28. The van der Waals surface area contributed by atoms with Crippen molar-refractivity contribution >= 4 is 0 Å². The number of aromatic nitrogens is 3. The molecule has 0 bridgehead atoms. The quantitative estimate of drug-likeness (QED) is 0.893. The van der Waals surface area contributed by atoms with Crippen LogP contribution in [-0.2, 0) is 6.42 Å². The van der Waals surface area contributed by atoms with E-state index in [0.717, 1.165) is 29.8 Å². The minimum absolute atomic E-state index is 0.445. The minimum atomic E-state index is 0.445. The van der Waals surface area contributed by atoms with E-state index in [1.807, 2.05) is 33.0 Å². The SMILES string of the molecule is CNC(C)CCc1nc(-c2cc(C)nc(C)c2)no1. The predicted octanol–water partition coefficient (Wildman–Crippen LogP) is 2.29. The third-order valence-electron chi connectivity index (χ3n) is 3.09. The van der Waals surface area contributed by atoms with Gasteiger partial charge in [0.1, 0.15) is 0 Å². The molecule has 0 aliphatic rings. The average Bonchev–Trinajstić information content (AvgIpc) is 2.83. The molecule has 0 aromatic carbocycles. The highest BCUT2D eigenvalue weighted by Gasteiger charge is 2.10. The standard InChI is InChI=1S/C14H20N4O/c1-9(15-4)5-6-13-17-14(18-19-13)12-7-10(2)16-11(3)8-12/h7-9,15H,5-6H2,1-4H3. The van der Waals surface area contributed by atoms with E-state index in [1.54, 1.807) is 0 Å². The summed E-state index contributed by atoms with van der Waals surface area (Å²) in [6.45, 7) is 6.06. The fourth-order valence-electron chi connectivity index (χ4n) is 1.92. The average molecular weight is 260 g/mol. The molecule has 19 heavy (non-hydrogen) atoms. The van der Waals surface area contributed by atoms with Crippen molar-refractivity contribution in [2.24, 2.45) is 0 Å². The Kier molecular flexibility index (Phi) is 4.27. The molecule has 2 aromatic rings. The van der Waals surface area contributed by atoms with Crippen LogP contribution in [0, 0.1) is 13.8 Å². The van der Waals surface area contributed by atoms with Gasteiger partial charge in [-0.15, -0.1) is 0 Å². The van der Waals surface area contributed by atoms with Gasteiger partial charge in [0.15, 0.2) is 0 Å². The molecule has 0 aliphatic heterocycles. The van der Waals surface area contributed by atoms with Gasteiger partial charge in [-0.1, -0.05) is 5.16 Å². The van der Waals surface area contributed by atoms with Crippen LogP contribution >= 0.6 is 0 Å². The maximum atomic E-state index is 5.28. The fraction of sp³-hybridized carbons (Fsp3) is 0.500. The molecule has 5 heteroatoms. The monoisotopic (exact) mass is 260 g/mol. The maximum Gasteiger partial charge on any atom is 0.227 e. The van der Waals surface area contributed by atoms with Gasteiger partial charge in [-0.2, -0.15) is 4.98 Å². The summed E-state index contributed by atoms with van der Waals surface area (Å²) in [6, 6.07) is 4.39. The van der Waals surface area contributed by atoms with E-state index in [0.29, 0.717) is 17.8 Å². The molecule has 0 aliphatic carbocycles. The first-order valence-corrected chi connectivity index (χ1v) is 6.54. The highest BCUT2D eigenvalue weighted by atomic mass is 16.5. The highest BCUT2D eigenvalue weighted by molar-refractivity contribution is 5.55. The Morgan fingerprint density at radius 2 is 1.89 bits per heavy atom. The van der Waals surface area contributed by atoms with Crippen molar-refractivity contribution in [2.45, 2.75) is 39.7 Å². The molecule has 1 unspecified atom stereocenters. The molecule has 0 saturated carbocycles. The van der Waals surface area contributed by atoms with Crippen molar-refractivity contribution in [3.05, 3.63) is 29.4 Å². The van der Waals surface area contributed by atoms with Gasteiger partial charge in [0.05, 0.1) is 0 Å². The Morgan fingerprint density at radius 1 is 1.21 bits per heavy atom. The number of nitrogens with zero attached hydrogens (tertiary/aromatic N) is 3. The predicted molar refractivity (Wildman–Crippen MR) is 73.8 cm³/mol. The first-order chi connectivity index (χ1) is 9.08. The second kappa shape index (κ2) is 5.93. The summed E-state index contributed by atoms with van der Waals surface area (Å²) >= 11 is 0. The number of pyridine rings is 1. The van der Waals surface area contributed by atoms with Gasteiger partial charge in [-0.25, -0.2) is 0 Å². The molecule has 102 valence electrons. The van der Waals surface area contributed by atoms with Crippen LogP contribution in [0.1, 0.15) is 30.6 Å². The van der Waals surface area contributed by atoms with Crippen molar-refractivity contribution in [3.63, 3.8) is 0 Å². The van der Waals surface area contributed by atoms with Crippen LogP contribution in [0.15, 0.2) is 16.7 Å². The van der Waals surface area contributed by atoms with Crippen LogP contribution in [0.5, 0.6) is 0 Å². The van der Waals surface area contributed by atoms with E-state index < -0.39 is 0 Å². The van der Waals surface area contributed by atoms with E-state index in [9.17, 15) is 0 Å². The summed E-state index contributed by atoms with van der Waals surface area (Å²) in [5.41, 5.74) is 2.89. The van der Waals surface area contributed by atoms with E-state index in [-0.39, 0.29) is 0 Å². The topological polar surface area (TPSA) is 63.8 Å². The lowest BCUT2D eigenvalue weighted by Gasteiger charge is -2.06. The molecule has 2 rings (SSSR count). The van der Waals surface area contributed by atoms with Gasteiger partial charge in [-0.05, 0) is 46.4 Å². The second-order valence-corrected chi connectivity index (χ2v) is 4.88. The number of nitrogens with one attached hydrogen (secondary N) is 1. The molecular weight excluding hydrogens is 240 g/mol. The Bertz CT molecular complexity index is 530. The van der Waals surface area contributed by atoms with Crippen molar-refractivity contribution in [1.82, 2.24) is 20.4 Å². The van der Waals surface area contributed by atoms with Gasteiger partial charge in [-0.3, -0.25) is 4.98 Å². The fourth-order valence-corrected chi connectivity index (χ4v) is 1.92. The zero-order valence-electron chi connectivity index (χ0n) is 11.9. The molecule has 5 nitrogen and oxygen atoms in total. The summed E-state index contributed by atoms with van der Waals surface area (Å²) in [5, 5.41) is 7.23. The smallest absolute Gasteiger partial charge is 0.227 e. The number of hydrogen-bond donors (Lipinski definition) is 1. The molecule has 2 heterocycles. The number of rotatable bonds is 5. The third kappa shape index (κ3) is 3.61. The first-order valence-electron chi connectivity index (χ1n) is 6.54. The van der Waals surface area contributed by atoms with Gasteiger partial charge in [0.25, 0.3) is 0 Å². The lowest BCUT2D eigenvalue weighted by Crippen LogP contribution is -2.21. The molecule has 2 aromatic heterocycles. The van der Waals surface area contributed by atoms with Crippen molar-refractivity contribution < 1.29 is 4.52 Å². The van der Waals surface area contributed by atoms with Gasteiger partial charge < -0.3 is 9.84 Å². The molecule has 0 spiro atoms. The largest absolute Gasteiger partial charge is 0.339 e. The zero-order valence-corrected chi connectivity index (χ0v) is 11.9. The summed E-state index contributed by atoms with van der Waals surface area (Å²) in [6.07, 6.45) is 1.77. The molecule has 0 saturated heterocycles. The molecule has 0 radical (unpaired) electrons. The Balaban J connectivity index is 2.12. The maximum absolute atomic E-state index is 5.28. The van der Waals surface area contributed by atoms with E-state index in [4.69, 9.17) is 4.52 Å². The van der Waals surface area contributed by atoms with Gasteiger partial charge in [0, 0.05) is 29.4 Å². The second-order valence-electron chi connectivity index (χ2n) is 4.88. The van der Waals surface area contributed by atoms with Crippen molar-refractivity contribution in [2.75, 3.05) is 7.05 Å². The molecular formula is C14H20N4O. The Morgan fingerprint density at radius 3 is 2.53 bits per heavy atom. The van der Waals surface area contributed by atoms with Crippen LogP contribution in [0.4, 0.5) is 0 Å². The van der Waals surface area contributed by atoms with Crippen LogP contribution in [0.25, 0.3) is 11.4 Å². The number of hydrogen-bond acceptors (Lipinski definition) is 5. The summed E-state index contributed by atoms with van der Waals surface area (Å²) in [5.74, 6) is 1.32. The number of aryl methyl sites for hydroxylation is 3. The van der Waals surface area contributed by atoms with Gasteiger partial charge in [0.2, 0.25) is 11.7 Å². The van der Waals surface area contributed by atoms with Crippen LogP contribution in [-0.4, -0.2) is 28.2 Å². The molecule has 0 amide bonds. The van der Waals surface area contributed by atoms with Crippen LogP contribution in [0.3, 0.4) is 0 Å². The molecule has 1 N–H and O–H groups in total. The van der Waals surface area contributed by atoms with E-state index in [1.165, 1.54) is 0 Å². The van der Waals surface area contributed by atoms with Crippen LogP contribution < -0.4 is 5.32 Å².